The van der Waals surface area contributed by atoms with Gasteiger partial charge in [-0.25, -0.2) is 4.98 Å². The Morgan fingerprint density at radius 2 is 1.83 bits per heavy atom. The van der Waals surface area contributed by atoms with E-state index in [9.17, 15) is 0 Å². The summed E-state index contributed by atoms with van der Waals surface area (Å²) in [5.74, 6) is 2.26. The average molecular weight is 243 g/mol. The molecule has 4 N–H and O–H groups in total. The fraction of sp³-hybridized carbons (Fsp3) is 0.385. The molecule has 2 heterocycles. The summed E-state index contributed by atoms with van der Waals surface area (Å²) in [5, 5.41) is 10.7. The molecule has 0 atom stereocenters. The molecule has 0 spiro atoms. The van der Waals surface area contributed by atoms with Gasteiger partial charge in [-0.05, 0) is 50.2 Å². The van der Waals surface area contributed by atoms with Gasteiger partial charge in [0, 0.05) is 17.2 Å². The third-order valence-corrected chi connectivity index (χ3v) is 3.40. The van der Waals surface area contributed by atoms with E-state index >= 15 is 0 Å². The van der Waals surface area contributed by atoms with E-state index in [2.05, 4.69) is 20.5 Å². The monoisotopic (exact) mass is 243 g/mol. The molecular weight excluding hydrogens is 226 g/mol. The standard InChI is InChI=1S/C13H17N5/c14-11-3-1-9(2-4-11)12-16-13(18-17-12)10-5-7-15-8-6-10/h1-4,10,15H,5-8,14H2,(H,16,17,18). The van der Waals surface area contributed by atoms with E-state index in [4.69, 9.17) is 5.73 Å². The van der Waals surface area contributed by atoms with Crippen LogP contribution in [0.2, 0.25) is 0 Å². The van der Waals surface area contributed by atoms with Crippen molar-refractivity contribution < 1.29 is 0 Å². The van der Waals surface area contributed by atoms with Crippen LogP contribution in [0.5, 0.6) is 0 Å². The Morgan fingerprint density at radius 3 is 2.56 bits per heavy atom. The molecule has 0 radical (unpaired) electrons. The van der Waals surface area contributed by atoms with Gasteiger partial charge in [0.2, 0.25) is 0 Å². The first-order valence-corrected chi connectivity index (χ1v) is 6.32. The number of nitrogens with one attached hydrogen (secondary N) is 2. The number of nitrogens with two attached hydrogens (primary N) is 1. The molecule has 1 aromatic carbocycles. The SMILES string of the molecule is Nc1ccc(-c2n[nH]c(C3CCNCC3)n2)cc1. The Hall–Kier alpha value is -1.88. The van der Waals surface area contributed by atoms with Crippen molar-refractivity contribution in [2.24, 2.45) is 0 Å². The first kappa shape index (κ1) is 11.2. The average Bonchev–Trinajstić information content (AvgIpc) is 2.90. The zero-order valence-corrected chi connectivity index (χ0v) is 10.2. The zero-order chi connectivity index (χ0) is 12.4. The second kappa shape index (κ2) is 4.78. The molecule has 1 aromatic heterocycles. The maximum Gasteiger partial charge on any atom is 0.181 e. The number of benzene rings is 1. The number of hydrogen-bond donors (Lipinski definition) is 3. The Kier molecular flexibility index (Phi) is 2.98. The summed E-state index contributed by atoms with van der Waals surface area (Å²) in [6.07, 6.45) is 2.24. The van der Waals surface area contributed by atoms with Crippen LogP contribution in [0.4, 0.5) is 5.69 Å². The van der Waals surface area contributed by atoms with E-state index < -0.39 is 0 Å². The summed E-state index contributed by atoms with van der Waals surface area (Å²) < 4.78 is 0. The first-order valence-electron chi connectivity index (χ1n) is 6.32. The summed E-state index contributed by atoms with van der Waals surface area (Å²) in [6, 6.07) is 7.64. The van der Waals surface area contributed by atoms with Gasteiger partial charge in [0.15, 0.2) is 5.82 Å². The Balaban J connectivity index is 1.82. The van der Waals surface area contributed by atoms with Crippen molar-refractivity contribution in [3.8, 4) is 11.4 Å². The summed E-state index contributed by atoms with van der Waals surface area (Å²) in [7, 11) is 0. The van der Waals surface area contributed by atoms with Crippen molar-refractivity contribution in [1.82, 2.24) is 20.5 Å². The van der Waals surface area contributed by atoms with Crippen LogP contribution in [0.1, 0.15) is 24.6 Å². The lowest BCUT2D eigenvalue weighted by molar-refractivity contribution is 0.446. The number of H-pyrrole nitrogens is 1. The molecule has 3 rings (SSSR count). The van der Waals surface area contributed by atoms with Gasteiger partial charge in [-0.2, -0.15) is 5.10 Å². The van der Waals surface area contributed by atoms with Gasteiger partial charge in [-0.3, -0.25) is 5.10 Å². The van der Waals surface area contributed by atoms with Crippen molar-refractivity contribution in [1.29, 1.82) is 0 Å². The molecule has 1 fully saturated rings. The molecule has 0 bridgehead atoms. The lowest BCUT2D eigenvalue weighted by Gasteiger charge is -2.19. The number of piperidine rings is 1. The highest BCUT2D eigenvalue weighted by Crippen LogP contribution is 2.24. The third-order valence-electron chi connectivity index (χ3n) is 3.40. The molecule has 1 aliphatic heterocycles. The van der Waals surface area contributed by atoms with E-state index in [1.807, 2.05) is 24.3 Å². The second-order valence-electron chi connectivity index (χ2n) is 4.69. The zero-order valence-electron chi connectivity index (χ0n) is 10.2. The first-order chi connectivity index (χ1) is 8.83. The van der Waals surface area contributed by atoms with E-state index in [1.54, 1.807) is 0 Å². The quantitative estimate of drug-likeness (QED) is 0.699. The van der Waals surface area contributed by atoms with Crippen LogP contribution in [-0.2, 0) is 0 Å². The van der Waals surface area contributed by atoms with Gasteiger partial charge >= 0.3 is 0 Å². The van der Waals surface area contributed by atoms with Crippen molar-refractivity contribution in [3.05, 3.63) is 30.1 Å². The van der Waals surface area contributed by atoms with Gasteiger partial charge in [0.25, 0.3) is 0 Å². The minimum atomic E-state index is 0.501. The molecule has 0 unspecified atom stereocenters. The Labute approximate surface area is 106 Å². The summed E-state index contributed by atoms with van der Waals surface area (Å²) >= 11 is 0. The number of nitrogens with zero attached hydrogens (tertiary/aromatic N) is 2. The smallest absolute Gasteiger partial charge is 0.181 e. The normalized spacial score (nSPS) is 16.9. The largest absolute Gasteiger partial charge is 0.399 e. The lowest BCUT2D eigenvalue weighted by Crippen LogP contribution is -2.27. The molecule has 5 heteroatoms. The number of aromatic nitrogens is 3. The molecule has 94 valence electrons. The summed E-state index contributed by atoms with van der Waals surface area (Å²) in [4.78, 5) is 4.60. The molecule has 18 heavy (non-hydrogen) atoms. The fourth-order valence-electron chi connectivity index (χ4n) is 2.31. The summed E-state index contributed by atoms with van der Waals surface area (Å²) in [5.41, 5.74) is 7.43. The number of rotatable bonds is 2. The third kappa shape index (κ3) is 2.22. The number of hydrogen-bond acceptors (Lipinski definition) is 4. The molecule has 0 amide bonds. The van der Waals surface area contributed by atoms with Crippen LogP contribution < -0.4 is 11.1 Å². The highest BCUT2D eigenvalue weighted by Gasteiger charge is 2.19. The van der Waals surface area contributed by atoms with Crippen LogP contribution in [0.25, 0.3) is 11.4 Å². The van der Waals surface area contributed by atoms with Crippen LogP contribution in [0.3, 0.4) is 0 Å². The fourth-order valence-corrected chi connectivity index (χ4v) is 2.31. The second-order valence-corrected chi connectivity index (χ2v) is 4.69. The molecule has 1 saturated heterocycles. The van der Waals surface area contributed by atoms with Crippen LogP contribution in [0, 0.1) is 0 Å². The van der Waals surface area contributed by atoms with E-state index in [0.717, 1.165) is 48.8 Å². The maximum absolute atomic E-state index is 5.67. The van der Waals surface area contributed by atoms with Gasteiger partial charge in [0.1, 0.15) is 5.82 Å². The van der Waals surface area contributed by atoms with Gasteiger partial charge < -0.3 is 11.1 Å². The predicted molar refractivity (Wildman–Crippen MR) is 71.1 cm³/mol. The van der Waals surface area contributed by atoms with Crippen molar-refractivity contribution >= 4 is 5.69 Å². The molecule has 2 aromatic rings. The van der Waals surface area contributed by atoms with E-state index in [1.165, 1.54) is 0 Å². The number of anilines is 1. The van der Waals surface area contributed by atoms with Gasteiger partial charge in [0.05, 0.1) is 0 Å². The number of aromatic amines is 1. The molecule has 0 saturated carbocycles. The van der Waals surface area contributed by atoms with Gasteiger partial charge in [-0.15, -0.1) is 0 Å². The Bertz CT molecular complexity index is 510. The topological polar surface area (TPSA) is 79.6 Å². The van der Waals surface area contributed by atoms with E-state index in [-0.39, 0.29) is 0 Å². The summed E-state index contributed by atoms with van der Waals surface area (Å²) in [6.45, 7) is 2.12. The predicted octanol–water partition coefficient (Wildman–Crippen LogP) is 1.52. The highest BCUT2D eigenvalue weighted by atomic mass is 15.2. The number of nitrogen functional groups attached to an aromatic ring is 1. The molecule has 0 aliphatic carbocycles. The maximum atomic E-state index is 5.67. The van der Waals surface area contributed by atoms with Crippen molar-refractivity contribution in [2.75, 3.05) is 18.8 Å². The molecule has 1 aliphatic rings. The Morgan fingerprint density at radius 1 is 1.11 bits per heavy atom. The minimum Gasteiger partial charge on any atom is -0.399 e. The van der Waals surface area contributed by atoms with Gasteiger partial charge in [-0.1, -0.05) is 0 Å². The van der Waals surface area contributed by atoms with Crippen molar-refractivity contribution in [3.63, 3.8) is 0 Å². The van der Waals surface area contributed by atoms with Crippen molar-refractivity contribution in [2.45, 2.75) is 18.8 Å². The molecular formula is C13H17N5. The molecule has 5 nitrogen and oxygen atoms in total. The van der Waals surface area contributed by atoms with Crippen LogP contribution in [-0.4, -0.2) is 28.3 Å². The lowest BCUT2D eigenvalue weighted by atomic mass is 9.98. The van der Waals surface area contributed by atoms with Crippen LogP contribution in [0.15, 0.2) is 24.3 Å². The minimum absolute atomic E-state index is 0.501. The van der Waals surface area contributed by atoms with E-state index in [0.29, 0.717) is 5.92 Å². The van der Waals surface area contributed by atoms with Crippen LogP contribution >= 0.6 is 0 Å². The highest BCUT2D eigenvalue weighted by molar-refractivity contribution is 5.58.